The number of thioether (sulfide) groups is 1. The molecule has 0 bridgehead atoms. The lowest BCUT2D eigenvalue weighted by molar-refractivity contribution is 0.591. The van der Waals surface area contributed by atoms with Gasteiger partial charge in [-0.25, -0.2) is 4.39 Å². The van der Waals surface area contributed by atoms with Crippen molar-refractivity contribution in [1.29, 1.82) is 0 Å². The Morgan fingerprint density at radius 1 is 1.50 bits per heavy atom. The van der Waals surface area contributed by atoms with E-state index in [1.807, 2.05) is 19.9 Å². The first-order valence-electron chi connectivity index (χ1n) is 4.39. The molecule has 0 saturated heterocycles. The van der Waals surface area contributed by atoms with E-state index in [-0.39, 0.29) is 5.82 Å². The molecule has 0 radical (unpaired) electrons. The number of hydrogen-bond donors (Lipinski definition) is 1. The predicted octanol–water partition coefficient (Wildman–Crippen LogP) is 3.55. The molecule has 4 heteroatoms. The second-order valence-corrected chi connectivity index (χ2v) is 5.63. The third-order valence-corrected chi connectivity index (χ3v) is 3.61. The van der Waals surface area contributed by atoms with Crippen molar-refractivity contribution in [3.8, 4) is 0 Å². The molecule has 0 unspecified atom stereocenters. The molecule has 0 saturated carbocycles. The van der Waals surface area contributed by atoms with Crippen molar-refractivity contribution in [2.75, 3.05) is 0 Å². The number of hydrogen-bond acceptors (Lipinski definition) is 2. The van der Waals surface area contributed by atoms with Crippen molar-refractivity contribution in [3.63, 3.8) is 0 Å². The zero-order chi connectivity index (χ0) is 10.7. The largest absolute Gasteiger partial charge is 0.326 e. The summed E-state index contributed by atoms with van der Waals surface area (Å²) in [4.78, 5) is 0.670. The van der Waals surface area contributed by atoms with Gasteiger partial charge in [0.1, 0.15) is 0 Å². The Kier molecular flexibility index (Phi) is 4.41. The van der Waals surface area contributed by atoms with Gasteiger partial charge in [0.2, 0.25) is 0 Å². The Labute approximate surface area is 96.4 Å². The van der Waals surface area contributed by atoms with Gasteiger partial charge in [0, 0.05) is 16.7 Å². The molecule has 0 aromatic heterocycles. The molecule has 0 amide bonds. The maximum Gasteiger partial charge on any atom is 0.151 e. The van der Waals surface area contributed by atoms with Crippen LogP contribution in [0.2, 0.25) is 0 Å². The van der Waals surface area contributed by atoms with Gasteiger partial charge in [0.25, 0.3) is 0 Å². The van der Waals surface area contributed by atoms with Gasteiger partial charge in [0.15, 0.2) is 5.82 Å². The monoisotopic (exact) mass is 277 g/mol. The van der Waals surface area contributed by atoms with Gasteiger partial charge in [-0.1, -0.05) is 19.9 Å². The van der Waals surface area contributed by atoms with E-state index in [2.05, 4.69) is 15.9 Å². The van der Waals surface area contributed by atoms with E-state index >= 15 is 0 Å². The molecule has 0 atom stereocenters. The molecular weight excluding hydrogens is 265 g/mol. The smallest absolute Gasteiger partial charge is 0.151 e. The standard InChI is InChI=1S/C10H13BrFNS/c1-6(2)14-8-4-3-7(5-13)9(11)10(8)12/h3-4,6H,5,13H2,1-2H3. The van der Waals surface area contributed by atoms with Crippen LogP contribution < -0.4 is 5.73 Å². The van der Waals surface area contributed by atoms with E-state index in [0.717, 1.165) is 5.56 Å². The average molecular weight is 278 g/mol. The lowest BCUT2D eigenvalue weighted by atomic mass is 10.2. The van der Waals surface area contributed by atoms with Crippen molar-refractivity contribution >= 4 is 27.7 Å². The molecule has 78 valence electrons. The Bertz CT molecular complexity index is 328. The third-order valence-electron chi connectivity index (χ3n) is 1.71. The summed E-state index contributed by atoms with van der Waals surface area (Å²) >= 11 is 4.73. The first-order valence-corrected chi connectivity index (χ1v) is 6.07. The van der Waals surface area contributed by atoms with Crippen LogP contribution in [-0.2, 0) is 6.54 Å². The normalized spacial score (nSPS) is 11.0. The fourth-order valence-corrected chi connectivity index (χ4v) is 2.57. The van der Waals surface area contributed by atoms with Gasteiger partial charge in [-0.3, -0.25) is 0 Å². The number of nitrogens with two attached hydrogens (primary N) is 1. The van der Waals surface area contributed by atoms with Gasteiger partial charge in [-0.2, -0.15) is 0 Å². The van der Waals surface area contributed by atoms with E-state index in [9.17, 15) is 4.39 Å². The predicted molar refractivity (Wildman–Crippen MR) is 63.0 cm³/mol. The topological polar surface area (TPSA) is 26.0 Å². The van der Waals surface area contributed by atoms with Crippen LogP contribution in [0.5, 0.6) is 0 Å². The summed E-state index contributed by atoms with van der Waals surface area (Å²) in [5.41, 5.74) is 6.27. The summed E-state index contributed by atoms with van der Waals surface area (Å²) in [6.07, 6.45) is 0. The molecule has 0 aliphatic heterocycles. The molecular formula is C10H13BrFNS. The molecule has 0 aliphatic rings. The molecule has 0 aliphatic carbocycles. The van der Waals surface area contributed by atoms with Crippen LogP contribution in [-0.4, -0.2) is 5.25 Å². The van der Waals surface area contributed by atoms with Crippen molar-refractivity contribution in [1.82, 2.24) is 0 Å². The highest BCUT2D eigenvalue weighted by Gasteiger charge is 2.11. The molecule has 14 heavy (non-hydrogen) atoms. The zero-order valence-corrected chi connectivity index (χ0v) is 10.6. The molecule has 1 aromatic rings. The summed E-state index contributed by atoms with van der Waals surface area (Å²) in [6, 6.07) is 3.64. The minimum absolute atomic E-state index is 0.202. The third kappa shape index (κ3) is 2.72. The quantitative estimate of drug-likeness (QED) is 0.856. The van der Waals surface area contributed by atoms with Gasteiger partial charge < -0.3 is 5.73 Å². The molecule has 2 N–H and O–H groups in total. The van der Waals surface area contributed by atoms with Crippen molar-refractivity contribution in [3.05, 3.63) is 28.0 Å². The Balaban J connectivity index is 3.04. The van der Waals surface area contributed by atoms with Gasteiger partial charge >= 0.3 is 0 Å². The van der Waals surface area contributed by atoms with Crippen LogP contribution in [0, 0.1) is 5.82 Å². The lowest BCUT2D eigenvalue weighted by Crippen LogP contribution is -2.00. The maximum absolute atomic E-state index is 13.7. The highest BCUT2D eigenvalue weighted by molar-refractivity contribution is 9.10. The van der Waals surface area contributed by atoms with Crippen LogP contribution in [0.1, 0.15) is 19.4 Å². The van der Waals surface area contributed by atoms with E-state index in [1.165, 1.54) is 11.8 Å². The second kappa shape index (κ2) is 5.14. The summed E-state index contributed by atoms with van der Waals surface area (Å²) in [6.45, 7) is 4.42. The van der Waals surface area contributed by atoms with E-state index in [0.29, 0.717) is 21.2 Å². The van der Waals surface area contributed by atoms with Crippen molar-refractivity contribution in [2.45, 2.75) is 30.5 Å². The molecule has 0 heterocycles. The first kappa shape index (κ1) is 12.0. The molecule has 0 fully saturated rings. The summed E-state index contributed by atoms with van der Waals surface area (Å²) in [5, 5.41) is 0.375. The highest BCUT2D eigenvalue weighted by atomic mass is 79.9. The van der Waals surface area contributed by atoms with Crippen LogP contribution in [0.15, 0.2) is 21.5 Å². The number of rotatable bonds is 3. The minimum atomic E-state index is -0.202. The molecule has 0 spiro atoms. The van der Waals surface area contributed by atoms with E-state index < -0.39 is 0 Å². The van der Waals surface area contributed by atoms with Crippen LogP contribution in [0.3, 0.4) is 0 Å². The summed E-state index contributed by atoms with van der Waals surface area (Å²) in [5.74, 6) is -0.202. The van der Waals surface area contributed by atoms with Crippen molar-refractivity contribution in [2.24, 2.45) is 5.73 Å². The number of benzene rings is 1. The lowest BCUT2D eigenvalue weighted by Gasteiger charge is -2.09. The summed E-state index contributed by atoms with van der Waals surface area (Å²) in [7, 11) is 0. The zero-order valence-electron chi connectivity index (χ0n) is 8.18. The molecule has 1 aromatic carbocycles. The second-order valence-electron chi connectivity index (χ2n) is 3.22. The van der Waals surface area contributed by atoms with Crippen LogP contribution >= 0.6 is 27.7 Å². The van der Waals surface area contributed by atoms with Gasteiger partial charge in [-0.05, 0) is 27.6 Å². The minimum Gasteiger partial charge on any atom is -0.326 e. The average Bonchev–Trinajstić information content (AvgIpc) is 2.13. The summed E-state index contributed by atoms with van der Waals surface area (Å²) < 4.78 is 14.2. The highest BCUT2D eigenvalue weighted by Crippen LogP contribution is 2.31. The van der Waals surface area contributed by atoms with Crippen LogP contribution in [0.4, 0.5) is 4.39 Å². The van der Waals surface area contributed by atoms with Crippen LogP contribution in [0.25, 0.3) is 0 Å². The molecule has 1 rings (SSSR count). The van der Waals surface area contributed by atoms with E-state index in [1.54, 1.807) is 6.07 Å². The van der Waals surface area contributed by atoms with E-state index in [4.69, 9.17) is 5.73 Å². The Hall–Kier alpha value is -0.0600. The van der Waals surface area contributed by atoms with Crippen molar-refractivity contribution < 1.29 is 4.39 Å². The number of halogens is 2. The maximum atomic E-state index is 13.7. The fraction of sp³-hybridized carbons (Fsp3) is 0.400. The van der Waals surface area contributed by atoms with Gasteiger partial charge in [0.05, 0.1) is 4.47 Å². The SMILES string of the molecule is CC(C)Sc1ccc(CN)c(Br)c1F. The first-order chi connectivity index (χ1) is 6.56. The molecule has 1 nitrogen and oxygen atoms in total. The Morgan fingerprint density at radius 3 is 2.64 bits per heavy atom. The Morgan fingerprint density at radius 2 is 2.14 bits per heavy atom. The van der Waals surface area contributed by atoms with Gasteiger partial charge in [-0.15, -0.1) is 11.8 Å². The fourth-order valence-electron chi connectivity index (χ4n) is 1.07.